The van der Waals surface area contributed by atoms with E-state index in [0.717, 1.165) is 16.9 Å². The van der Waals surface area contributed by atoms with Crippen LogP contribution >= 0.6 is 11.8 Å². The van der Waals surface area contributed by atoms with Gasteiger partial charge < -0.3 is 19.3 Å². The van der Waals surface area contributed by atoms with E-state index in [4.69, 9.17) is 19.2 Å². The number of hydrogen-bond donors (Lipinski definition) is 3. The summed E-state index contributed by atoms with van der Waals surface area (Å²) in [6, 6.07) is 16.6. The highest BCUT2D eigenvalue weighted by atomic mass is 32.2. The van der Waals surface area contributed by atoms with Gasteiger partial charge in [-0.3, -0.25) is 14.8 Å². The van der Waals surface area contributed by atoms with Gasteiger partial charge >= 0.3 is 5.24 Å². The van der Waals surface area contributed by atoms with Gasteiger partial charge in [0.2, 0.25) is 5.09 Å². The second-order valence-electron chi connectivity index (χ2n) is 6.45. The molecule has 0 saturated heterocycles. The van der Waals surface area contributed by atoms with Crippen molar-refractivity contribution in [3.8, 4) is 22.8 Å². The van der Waals surface area contributed by atoms with E-state index in [9.17, 15) is 9.59 Å². The summed E-state index contributed by atoms with van der Waals surface area (Å²) >= 11 is 0.639. The molecule has 1 heterocycles. The molecular formula is C22H23N3O6S. The molecule has 0 radical (unpaired) electrons. The molecule has 0 unspecified atom stereocenters. The van der Waals surface area contributed by atoms with Crippen LogP contribution in [0.3, 0.4) is 0 Å². The number of thioether (sulfide) groups is 1. The Morgan fingerprint density at radius 2 is 1.91 bits per heavy atom. The van der Waals surface area contributed by atoms with Crippen LogP contribution in [0.15, 0.2) is 64.2 Å². The van der Waals surface area contributed by atoms with Gasteiger partial charge in [0.25, 0.3) is 11.8 Å². The zero-order chi connectivity index (χ0) is 22.8. The maximum Gasteiger partial charge on any atom is 0.310 e. The van der Waals surface area contributed by atoms with Gasteiger partial charge in [-0.2, -0.15) is 0 Å². The summed E-state index contributed by atoms with van der Waals surface area (Å²) in [5, 5.41) is 14.5. The summed E-state index contributed by atoms with van der Waals surface area (Å²) in [7, 11) is 0. The summed E-state index contributed by atoms with van der Waals surface area (Å²) in [5.41, 5.74) is 3.98. The number of hydroxylamine groups is 1. The molecule has 2 amide bonds. The van der Waals surface area contributed by atoms with Crippen LogP contribution in [-0.2, 0) is 0 Å². The Bertz CT molecular complexity index is 1040. The lowest BCUT2D eigenvalue weighted by Gasteiger charge is -2.11. The van der Waals surface area contributed by atoms with Crippen LogP contribution in [-0.4, -0.2) is 41.3 Å². The molecule has 0 spiro atoms. The van der Waals surface area contributed by atoms with E-state index < -0.39 is 5.24 Å². The monoisotopic (exact) mass is 457 g/mol. The number of nitrogens with zero attached hydrogens (tertiary/aromatic N) is 1. The Labute approximate surface area is 189 Å². The van der Waals surface area contributed by atoms with Crippen molar-refractivity contribution >= 4 is 22.9 Å². The highest BCUT2D eigenvalue weighted by Crippen LogP contribution is 2.30. The first kappa shape index (κ1) is 23.2. The molecule has 0 atom stereocenters. The molecule has 0 saturated carbocycles. The zero-order valence-corrected chi connectivity index (χ0v) is 18.2. The lowest BCUT2D eigenvalue weighted by atomic mass is 10.0. The number of rotatable bonds is 10. The van der Waals surface area contributed by atoms with Gasteiger partial charge in [-0.1, -0.05) is 30.3 Å². The fraction of sp³-hybridized carbons (Fsp3) is 0.227. The van der Waals surface area contributed by atoms with Crippen molar-refractivity contribution in [1.82, 2.24) is 16.0 Å². The molecule has 1 aromatic heterocycles. The number of carbonyl (C=O) groups is 2. The molecule has 32 heavy (non-hydrogen) atoms. The summed E-state index contributed by atoms with van der Waals surface area (Å²) in [4.78, 5) is 23.4. The maximum absolute atomic E-state index is 12.4. The fourth-order valence-electron chi connectivity index (χ4n) is 2.81. The molecule has 2 aromatic carbocycles. The normalized spacial score (nSPS) is 10.4. The maximum atomic E-state index is 12.4. The number of nitrogens with one attached hydrogen (secondary N) is 2. The summed E-state index contributed by atoms with van der Waals surface area (Å²) < 4.78 is 16.0. The van der Waals surface area contributed by atoms with Crippen LogP contribution in [0.25, 0.3) is 11.1 Å². The van der Waals surface area contributed by atoms with Gasteiger partial charge in [-0.05, 0) is 42.3 Å². The standard InChI is InChI=1S/C22H23N3O6S/c1-2-29-18-7-4-3-6-17(18)15-8-10-16(11-9-15)21(26)23-12-5-13-30-19-14-20(31-25-19)32-22(27)24-28/h3-4,6-11,14,28H,2,5,12-13H2,1H3,(H,23,26)(H,24,27). The molecule has 3 N–H and O–H groups in total. The van der Waals surface area contributed by atoms with Crippen LogP contribution in [0.5, 0.6) is 11.6 Å². The van der Waals surface area contributed by atoms with Crippen LogP contribution in [0.4, 0.5) is 4.79 Å². The third-order valence-electron chi connectivity index (χ3n) is 4.25. The Morgan fingerprint density at radius 3 is 2.66 bits per heavy atom. The molecule has 0 aliphatic carbocycles. The highest BCUT2D eigenvalue weighted by Gasteiger charge is 2.11. The fourth-order valence-corrected chi connectivity index (χ4v) is 3.28. The van der Waals surface area contributed by atoms with Crippen LogP contribution in [0.2, 0.25) is 0 Å². The summed E-state index contributed by atoms with van der Waals surface area (Å²) in [6.45, 7) is 3.24. The second kappa shape index (κ2) is 11.8. The summed E-state index contributed by atoms with van der Waals surface area (Å²) in [6.07, 6.45) is 0.554. The van der Waals surface area contributed by atoms with Crippen molar-refractivity contribution in [2.75, 3.05) is 19.8 Å². The first-order chi connectivity index (χ1) is 15.6. The SMILES string of the molecule is CCOc1ccccc1-c1ccc(C(=O)NCCCOc2cc(SC(=O)NO)on2)cc1. The zero-order valence-electron chi connectivity index (χ0n) is 17.4. The number of benzene rings is 2. The molecule has 0 aliphatic rings. The van der Waals surface area contributed by atoms with Crippen molar-refractivity contribution < 1.29 is 28.8 Å². The predicted molar refractivity (Wildman–Crippen MR) is 118 cm³/mol. The van der Waals surface area contributed by atoms with Crippen molar-refractivity contribution in [2.24, 2.45) is 0 Å². The van der Waals surface area contributed by atoms with Gasteiger partial charge in [-0.25, -0.2) is 5.48 Å². The van der Waals surface area contributed by atoms with Crippen molar-refractivity contribution in [2.45, 2.75) is 18.4 Å². The number of para-hydroxylation sites is 1. The molecular weight excluding hydrogens is 434 g/mol. The second-order valence-corrected chi connectivity index (χ2v) is 7.43. The number of hydrogen-bond acceptors (Lipinski definition) is 8. The van der Waals surface area contributed by atoms with E-state index in [-0.39, 0.29) is 16.9 Å². The van der Waals surface area contributed by atoms with Gasteiger partial charge in [0, 0.05) is 29.4 Å². The van der Waals surface area contributed by atoms with E-state index >= 15 is 0 Å². The highest BCUT2D eigenvalue weighted by molar-refractivity contribution is 8.13. The average molecular weight is 458 g/mol. The minimum absolute atomic E-state index is 0.176. The number of aromatic nitrogens is 1. The largest absolute Gasteiger partial charge is 0.493 e. The van der Waals surface area contributed by atoms with Gasteiger partial charge in [0.05, 0.1) is 19.3 Å². The average Bonchev–Trinajstić information content (AvgIpc) is 3.26. The van der Waals surface area contributed by atoms with E-state index in [1.54, 1.807) is 12.1 Å². The Morgan fingerprint density at radius 1 is 1.12 bits per heavy atom. The van der Waals surface area contributed by atoms with E-state index in [1.807, 2.05) is 43.3 Å². The quantitative estimate of drug-likeness (QED) is 0.180. The van der Waals surface area contributed by atoms with E-state index in [1.165, 1.54) is 11.5 Å². The van der Waals surface area contributed by atoms with Gasteiger partial charge in [0.1, 0.15) is 5.75 Å². The Balaban J connectivity index is 1.43. The lowest BCUT2D eigenvalue weighted by Crippen LogP contribution is -2.25. The Kier molecular flexibility index (Phi) is 8.52. The van der Waals surface area contributed by atoms with Crippen molar-refractivity contribution in [1.29, 1.82) is 0 Å². The Hall–Kier alpha value is -3.50. The van der Waals surface area contributed by atoms with E-state index in [2.05, 4.69) is 10.5 Å². The molecule has 168 valence electrons. The molecule has 0 bridgehead atoms. The molecule has 0 fully saturated rings. The molecule has 3 aromatic rings. The van der Waals surface area contributed by atoms with Crippen LogP contribution in [0.1, 0.15) is 23.7 Å². The molecule has 3 rings (SSSR count). The summed E-state index contributed by atoms with van der Waals surface area (Å²) in [5.74, 6) is 0.846. The third kappa shape index (κ3) is 6.50. The smallest absolute Gasteiger partial charge is 0.310 e. The molecule has 9 nitrogen and oxygen atoms in total. The van der Waals surface area contributed by atoms with Crippen molar-refractivity contribution in [3.63, 3.8) is 0 Å². The first-order valence-corrected chi connectivity index (χ1v) is 10.7. The lowest BCUT2D eigenvalue weighted by molar-refractivity contribution is 0.0951. The first-order valence-electron chi connectivity index (χ1n) is 9.92. The molecule has 0 aliphatic heterocycles. The van der Waals surface area contributed by atoms with E-state index in [0.29, 0.717) is 43.5 Å². The van der Waals surface area contributed by atoms with Crippen LogP contribution in [0, 0.1) is 0 Å². The number of ether oxygens (including phenoxy) is 2. The minimum atomic E-state index is -0.693. The van der Waals surface area contributed by atoms with Crippen molar-refractivity contribution in [3.05, 3.63) is 60.2 Å². The number of amides is 2. The topological polar surface area (TPSA) is 123 Å². The third-order valence-corrected chi connectivity index (χ3v) is 4.92. The predicted octanol–water partition coefficient (Wildman–Crippen LogP) is 4.13. The van der Waals surface area contributed by atoms with Gasteiger partial charge in [-0.15, -0.1) is 0 Å². The van der Waals surface area contributed by atoms with Crippen LogP contribution < -0.4 is 20.3 Å². The minimum Gasteiger partial charge on any atom is -0.493 e. The number of carbonyl (C=O) groups excluding carboxylic acids is 2. The van der Waals surface area contributed by atoms with Gasteiger partial charge in [0.15, 0.2) is 0 Å². The molecule has 10 heteroatoms.